The molecule has 0 atom stereocenters. The third kappa shape index (κ3) is 4.95. The van der Waals surface area contributed by atoms with Crippen LogP contribution in [0.25, 0.3) is 5.69 Å². The van der Waals surface area contributed by atoms with E-state index in [1.165, 1.54) is 9.36 Å². The van der Waals surface area contributed by atoms with Gasteiger partial charge in [-0.2, -0.15) is 19.6 Å². The molecule has 160 valence electrons. The molecule has 0 N–H and O–H groups in total. The number of nitrogens with zero attached hydrogens (tertiary/aromatic N) is 8. The molecule has 0 spiro atoms. The Kier molecular flexibility index (Phi) is 6.77. The van der Waals surface area contributed by atoms with E-state index >= 15 is 0 Å². The first kappa shape index (κ1) is 21.7. The summed E-state index contributed by atoms with van der Waals surface area (Å²) >= 11 is 0. The Balaban J connectivity index is 1.80. The van der Waals surface area contributed by atoms with Crippen molar-refractivity contribution < 1.29 is 4.74 Å². The molecule has 10 nitrogen and oxygen atoms in total. The predicted molar refractivity (Wildman–Crippen MR) is 117 cm³/mol. The van der Waals surface area contributed by atoms with Crippen LogP contribution in [0, 0.1) is 19.3 Å². The van der Waals surface area contributed by atoms with Crippen molar-refractivity contribution in [1.82, 2.24) is 29.6 Å². The van der Waals surface area contributed by atoms with E-state index in [4.69, 9.17) is 11.2 Å². The van der Waals surface area contributed by atoms with Gasteiger partial charge in [-0.15, -0.1) is 11.5 Å². The third-order valence-electron chi connectivity index (χ3n) is 4.60. The summed E-state index contributed by atoms with van der Waals surface area (Å²) in [5.41, 5.74) is 3.41. The van der Waals surface area contributed by atoms with Gasteiger partial charge in [-0.25, -0.2) is 4.79 Å². The average molecular weight is 420 g/mol. The zero-order valence-corrected chi connectivity index (χ0v) is 18.0. The molecule has 0 radical (unpaired) electrons. The van der Waals surface area contributed by atoms with Crippen molar-refractivity contribution in [2.45, 2.75) is 40.3 Å². The van der Waals surface area contributed by atoms with Crippen LogP contribution >= 0.6 is 0 Å². The first-order valence-electron chi connectivity index (χ1n) is 9.73. The Labute approximate surface area is 179 Å². The Morgan fingerprint density at radius 3 is 2.74 bits per heavy atom. The van der Waals surface area contributed by atoms with E-state index in [9.17, 15) is 4.79 Å². The molecule has 0 amide bonds. The van der Waals surface area contributed by atoms with E-state index in [0.29, 0.717) is 36.0 Å². The number of aryl methyl sites for hydroxylation is 2. The monoisotopic (exact) mass is 420 g/mol. The van der Waals surface area contributed by atoms with E-state index in [1.807, 2.05) is 39.0 Å². The largest absolute Gasteiger partial charge is 0.475 e. The van der Waals surface area contributed by atoms with E-state index < -0.39 is 0 Å². The normalized spacial score (nSPS) is 12.1. The molecule has 3 rings (SSSR count). The van der Waals surface area contributed by atoms with E-state index in [-0.39, 0.29) is 12.3 Å². The number of ether oxygens (including phenoxy) is 1. The van der Waals surface area contributed by atoms with Crippen LogP contribution in [0.5, 0.6) is 0 Å². The summed E-state index contributed by atoms with van der Waals surface area (Å²) in [5, 5.41) is 20.5. The molecular weight excluding hydrogens is 396 g/mol. The maximum Gasteiger partial charge on any atom is 0.368 e. The van der Waals surface area contributed by atoms with Crippen molar-refractivity contribution in [2.75, 3.05) is 0 Å². The van der Waals surface area contributed by atoms with Gasteiger partial charge in [-0.1, -0.05) is 25.0 Å². The summed E-state index contributed by atoms with van der Waals surface area (Å²) < 4.78 is 10.0. The van der Waals surface area contributed by atoms with Crippen LogP contribution in [-0.2, 0) is 24.9 Å². The van der Waals surface area contributed by atoms with Crippen LogP contribution in [0.4, 0.5) is 0 Å². The van der Waals surface area contributed by atoms with Crippen LogP contribution in [0.3, 0.4) is 0 Å². The highest BCUT2D eigenvalue weighted by Gasteiger charge is 2.14. The second-order valence-electron chi connectivity index (χ2n) is 6.79. The molecule has 0 bridgehead atoms. The van der Waals surface area contributed by atoms with Gasteiger partial charge in [0.1, 0.15) is 18.8 Å². The zero-order chi connectivity index (χ0) is 22.4. The quantitative estimate of drug-likeness (QED) is 0.251. The Bertz CT molecular complexity index is 1220. The first-order valence-corrected chi connectivity index (χ1v) is 9.73. The predicted octanol–water partition coefficient (Wildman–Crippen LogP) is 1.85. The van der Waals surface area contributed by atoms with Gasteiger partial charge in [0.25, 0.3) is 0 Å². The molecule has 3 aromatic rings. The van der Waals surface area contributed by atoms with Gasteiger partial charge in [0, 0.05) is 25.2 Å². The summed E-state index contributed by atoms with van der Waals surface area (Å²) in [5.74, 6) is 3.00. The van der Waals surface area contributed by atoms with Gasteiger partial charge in [-0.3, -0.25) is 4.68 Å². The van der Waals surface area contributed by atoms with Crippen molar-refractivity contribution in [3.8, 4) is 18.0 Å². The summed E-state index contributed by atoms with van der Waals surface area (Å²) in [6.45, 7) is 6.30. The highest BCUT2D eigenvalue weighted by molar-refractivity contribution is 5.97. The summed E-state index contributed by atoms with van der Waals surface area (Å²) in [6, 6.07) is 7.44. The molecule has 0 saturated heterocycles. The van der Waals surface area contributed by atoms with Gasteiger partial charge in [0.05, 0.1) is 11.4 Å². The smallest absolute Gasteiger partial charge is 0.368 e. The topological polar surface area (TPSA) is 104 Å². The number of tetrazole rings is 1. The highest BCUT2D eigenvalue weighted by atomic mass is 16.5. The van der Waals surface area contributed by atoms with Gasteiger partial charge >= 0.3 is 5.69 Å². The molecule has 0 saturated carbocycles. The van der Waals surface area contributed by atoms with Crippen molar-refractivity contribution in [1.29, 1.82) is 0 Å². The fourth-order valence-electron chi connectivity index (χ4n) is 2.81. The molecule has 0 aliphatic carbocycles. The molecule has 10 heteroatoms. The van der Waals surface area contributed by atoms with E-state index in [1.54, 1.807) is 24.0 Å². The molecule has 2 aromatic heterocycles. The third-order valence-corrected chi connectivity index (χ3v) is 4.60. The van der Waals surface area contributed by atoms with Gasteiger partial charge in [-0.05, 0) is 42.0 Å². The van der Waals surface area contributed by atoms with Crippen molar-refractivity contribution in [2.24, 2.45) is 17.3 Å². The minimum atomic E-state index is -0.333. The SMILES string of the molecule is C#CCn1ccc(/C(C)=N/N=C(/CC)OCc2c(C)cccc2-n2nnn(C)c2=O)n1. The average Bonchev–Trinajstić information content (AvgIpc) is 3.36. The molecular formula is C21H24N8O2. The molecule has 0 fully saturated rings. The summed E-state index contributed by atoms with van der Waals surface area (Å²) in [6.07, 6.45) is 7.65. The van der Waals surface area contributed by atoms with Crippen molar-refractivity contribution in [3.05, 3.63) is 57.8 Å². The number of hydrogen-bond donors (Lipinski definition) is 0. The molecule has 1 aromatic carbocycles. The minimum absolute atomic E-state index is 0.211. The summed E-state index contributed by atoms with van der Waals surface area (Å²) in [7, 11) is 1.55. The van der Waals surface area contributed by atoms with E-state index in [2.05, 4.69) is 31.6 Å². The molecule has 0 aliphatic heterocycles. The summed E-state index contributed by atoms with van der Waals surface area (Å²) in [4.78, 5) is 12.3. The molecule has 0 unspecified atom stereocenters. The molecule has 2 heterocycles. The molecule has 0 aliphatic rings. The van der Waals surface area contributed by atoms with Crippen LogP contribution in [0.2, 0.25) is 0 Å². The fraction of sp³-hybridized carbons (Fsp3) is 0.333. The maximum atomic E-state index is 12.3. The van der Waals surface area contributed by atoms with Crippen molar-refractivity contribution in [3.63, 3.8) is 0 Å². The van der Waals surface area contributed by atoms with Crippen molar-refractivity contribution >= 4 is 11.6 Å². The fourth-order valence-corrected chi connectivity index (χ4v) is 2.81. The number of rotatable bonds is 7. The minimum Gasteiger partial charge on any atom is -0.475 e. The van der Waals surface area contributed by atoms with Gasteiger partial charge in [0.15, 0.2) is 0 Å². The Hall–Kier alpha value is -4.00. The standard InChI is InChI=1S/C21H24N8O2/c1-6-12-28-13-11-18(24-28)16(4)22-23-20(7-2)31-14-17-15(3)9-8-10-19(17)29-21(30)27(5)25-26-29/h1,8-11,13H,7,12,14H2,2-5H3/b22-16+,23-20-. The van der Waals surface area contributed by atoms with Gasteiger partial charge in [0.2, 0.25) is 5.90 Å². The number of terminal acetylenes is 1. The zero-order valence-electron chi connectivity index (χ0n) is 18.0. The number of aromatic nitrogens is 6. The van der Waals surface area contributed by atoms with Crippen LogP contribution in [-0.4, -0.2) is 41.2 Å². The second-order valence-corrected chi connectivity index (χ2v) is 6.79. The Morgan fingerprint density at radius 2 is 2.06 bits per heavy atom. The number of benzene rings is 1. The highest BCUT2D eigenvalue weighted by Crippen LogP contribution is 2.18. The lowest BCUT2D eigenvalue weighted by Gasteiger charge is -2.13. The van der Waals surface area contributed by atoms with E-state index in [0.717, 1.165) is 11.1 Å². The van der Waals surface area contributed by atoms with Crippen LogP contribution in [0.1, 0.15) is 37.1 Å². The van der Waals surface area contributed by atoms with Gasteiger partial charge < -0.3 is 4.74 Å². The lowest BCUT2D eigenvalue weighted by atomic mass is 10.1. The maximum absolute atomic E-state index is 12.3. The number of hydrogen-bond acceptors (Lipinski definition) is 7. The lowest BCUT2D eigenvalue weighted by Crippen LogP contribution is -2.23. The Morgan fingerprint density at radius 1 is 1.26 bits per heavy atom. The molecule has 31 heavy (non-hydrogen) atoms. The van der Waals surface area contributed by atoms with Crippen LogP contribution < -0.4 is 5.69 Å². The second kappa shape index (κ2) is 9.67. The first-order chi connectivity index (χ1) is 14.9. The lowest BCUT2D eigenvalue weighted by molar-refractivity contribution is 0.282. The van der Waals surface area contributed by atoms with Crippen LogP contribution in [0.15, 0.2) is 45.5 Å².